The summed E-state index contributed by atoms with van der Waals surface area (Å²) in [5, 5.41) is 2.05. The molecule has 7 aromatic rings. The molecule has 0 saturated heterocycles. The molecule has 3 aromatic carbocycles. The molecule has 2 atom stereocenters. The first-order valence-electron chi connectivity index (χ1n) is 15.0. The van der Waals surface area contributed by atoms with Crippen molar-refractivity contribution in [2.24, 2.45) is 0 Å². The van der Waals surface area contributed by atoms with Gasteiger partial charge in [-0.05, 0) is 72.5 Å². The number of rotatable bonds is 3. The van der Waals surface area contributed by atoms with Gasteiger partial charge < -0.3 is 4.42 Å². The fourth-order valence-electron chi connectivity index (χ4n) is 7.16. The molecular formula is C39H28FN3O+2. The molecular weight excluding hydrogens is 545 g/mol. The highest BCUT2D eigenvalue weighted by Crippen LogP contribution is 2.50. The Bertz CT molecular complexity index is 2330. The summed E-state index contributed by atoms with van der Waals surface area (Å²) in [6.07, 6.45) is 6.73. The van der Waals surface area contributed by atoms with Crippen molar-refractivity contribution in [1.82, 2.24) is 4.98 Å². The van der Waals surface area contributed by atoms with Crippen LogP contribution in [0.15, 0.2) is 126 Å². The zero-order valence-electron chi connectivity index (χ0n) is 24.3. The van der Waals surface area contributed by atoms with Crippen molar-refractivity contribution in [3.8, 4) is 33.6 Å². The number of nitrogens with zero attached hydrogens (tertiary/aromatic N) is 3. The predicted octanol–water partition coefficient (Wildman–Crippen LogP) is 8.51. The van der Waals surface area contributed by atoms with Crippen LogP contribution in [-0.2, 0) is 0 Å². The molecule has 4 aromatic heterocycles. The zero-order chi connectivity index (χ0) is 29.5. The van der Waals surface area contributed by atoms with Crippen LogP contribution in [0.25, 0.3) is 61.4 Å². The molecule has 44 heavy (non-hydrogen) atoms. The monoisotopic (exact) mass is 573 g/mol. The van der Waals surface area contributed by atoms with Crippen LogP contribution in [-0.4, -0.2) is 4.98 Å². The second kappa shape index (κ2) is 9.29. The zero-order valence-corrected chi connectivity index (χ0v) is 24.3. The minimum Gasteiger partial charge on any atom is -0.437 e. The van der Waals surface area contributed by atoms with E-state index in [2.05, 4.69) is 107 Å². The number of furan rings is 1. The minimum atomic E-state index is -0.245. The smallest absolute Gasteiger partial charge is 0.227 e. The molecule has 5 heteroatoms. The van der Waals surface area contributed by atoms with E-state index in [1.807, 2.05) is 25.1 Å². The number of aryl methyl sites for hydroxylation is 2. The second-order valence-corrected chi connectivity index (χ2v) is 11.9. The fourth-order valence-corrected chi connectivity index (χ4v) is 7.16. The lowest BCUT2D eigenvalue weighted by atomic mass is 9.73. The Morgan fingerprint density at radius 2 is 1.57 bits per heavy atom. The Hall–Kier alpha value is -5.42. The van der Waals surface area contributed by atoms with E-state index < -0.39 is 0 Å². The standard InChI is InChI=1S/C39H28FN3O/c1-23-10-16-30-31-17-11-24(2)41-39(31)44-38(30)36(23)33-21-26(25-12-14-27(40)15-13-25)18-20-43(33)35-22-34-37(35)29-8-4-3-7-28(29)32-9-5-6-19-42(32)34/h3-22,34,37H,1-2H3/q+2. The highest BCUT2D eigenvalue weighted by Gasteiger charge is 2.52. The third kappa shape index (κ3) is 3.59. The van der Waals surface area contributed by atoms with Crippen molar-refractivity contribution in [2.45, 2.75) is 25.8 Å². The van der Waals surface area contributed by atoms with Crippen LogP contribution in [0.5, 0.6) is 0 Å². The molecule has 0 spiro atoms. The molecule has 0 radical (unpaired) electrons. The van der Waals surface area contributed by atoms with Gasteiger partial charge in [-0.3, -0.25) is 0 Å². The Morgan fingerprint density at radius 3 is 2.45 bits per heavy atom. The molecule has 0 saturated carbocycles. The van der Waals surface area contributed by atoms with E-state index in [4.69, 9.17) is 9.40 Å². The van der Waals surface area contributed by atoms with Crippen LogP contribution in [0, 0.1) is 19.7 Å². The number of pyridine rings is 3. The van der Waals surface area contributed by atoms with Crippen molar-refractivity contribution in [2.75, 3.05) is 0 Å². The number of fused-ring (bicyclic) bond motifs is 9. The SMILES string of the molecule is Cc1ccc2c(n1)oc1c(-c3cc(-c4ccc(F)cc4)cc[n+]3C3=CC4C3c3ccccc3-c3cccc[n+]34)c(C)ccc12. The van der Waals surface area contributed by atoms with Gasteiger partial charge in [0.2, 0.25) is 22.8 Å². The van der Waals surface area contributed by atoms with Gasteiger partial charge in [0.05, 0.1) is 17.2 Å². The van der Waals surface area contributed by atoms with E-state index in [1.165, 1.54) is 34.7 Å². The lowest BCUT2D eigenvalue weighted by molar-refractivity contribution is -0.715. The number of benzene rings is 3. The summed E-state index contributed by atoms with van der Waals surface area (Å²) >= 11 is 0. The maximum absolute atomic E-state index is 13.9. The van der Waals surface area contributed by atoms with E-state index in [0.29, 0.717) is 5.71 Å². The third-order valence-corrected chi connectivity index (χ3v) is 9.31. The average Bonchev–Trinajstić information content (AvgIpc) is 3.39. The lowest BCUT2D eigenvalue weighted by Crippen LogP contribution is -2.55. The Labute approximate surface area is 254 Å². The van der Waals surface area contributed by atoms with Gasteiger partial charge in [-0.2, -0.15) is 9.13 Å². The molecule has 9 rings (SSSR count). The molecule has 0 N–H and O–H groups in total. The quantitative estimate of drug-likeness (QED) is 0.199. The van der Waals surface area contributed by atoms with Crippen LogP contribution in [0.4, 0.5) is 4.39 Å². The van der Waals surface area contributed by atoms with E-state index >= 15 is 0 Å². The summed E-state index contributed by atoms with van der Waals surface area (Å²) in [4.78, 5) is 4.71. The van der Waals surface area contributed by atoms with E-state index in [0.717, 1.165) is 50.0 Å². The van der Waals surface area contributed by atoms with Crippen LogP contribution in [0.3, 0.4) is 0 Å². The van der Waals surface area contributed by atoms with Gasteiger partial charge in [0.1, 0.15) is 11.7 Å². The normalized spacial score (nSPS) is 16.7. The Balaban J connectivity index is 1.31. The van der Waals surface area contributed by atoms with Crippen LogP contribution >= 0.6 is 0 Å². The van der Waals surface area contributed by atoms with Gasteiger partial charge in [0, 0.05) is 40.7 Å². The number of allylic oxidation sites excluding steroid dienone is 2. The van der Waals surface area contributed by atoms with Crippen molar-refractivity contribution < 1.29 is 17.9 Å². The molecule has 1 aliphatic carbocycles. The van der Waals surface area contributed by atoms with Crippen molar-refractivity contribution in [3.63, 3.8) is 0 Å². The van der Waals surface area contributed by atoms with E-state index in [1.54, 1.807) is 0 Å². The molecule has 5 heterocycles. The van der Waals surface area contributed by atoms with E-state index in [-0.39, 0.29) is 17.8 Å². The van der Waals surface area contributed by atoms with Crippen molar-refractivity contribution >= 4 is 27.8 Å². The fraction of sp³-hybridized carbons (Fsp3) is 0.103. The maximum atomic E-state index is 13.9. The van der Waals surface area contributed by atoms with Gasteiger partial charge in [-0.1, -0.05) is 42.5 Å². The first-order chi connectivity index (χ1) is 21.5. The largest absolute Gasteiger partial charge is 0.437 e. The summed E-state index contributed by atoms with van der Waals surface area (Å²) in [7, 11) is 0. The number of halogens is 1. The van der Waals surface area contributed by atoms with Gasteiger partial charge in [0.15, 0.2) is 24.0 Å². The highest BCUT2D eigenvalue weighted by molar-refractivity contribution is 6.09. The maximum Gasteiger partial charge on any atom is 0.227 e. The third-order valence-electron chi connectivity index (χ3n) is 9.31. The van der Waals surface area contributed by atoms with Crippen molar-refractivity contribution in [3.05, 3.63) is 144 Å². The molecule has 2 aliphatic rings. The van der Waals surface area contributed by atoms with E-state index in [9.17, 15) is 4.39 Å². The van der Waals surface area contributed by atoms with Crippen LogP contribution in [0.1, 0.15) is 28.8 Å². The summed E-state index contributed by atoms with van der Waals surface area (Å²) in [5.41, 5.74) is 12.6. The summed E-state index contributed by atoms with van der Waals surface area (Å²) in [6, 6.07) is 34.9. The lowest BCUT2D eigenvalue weighted by Gasteiger charge is -2.34. The highest BCUT2D eigenvalue weighted by atomic mass is 19.1. The van der Waals surface area contributed by atoms with Gasteiger partial charge in [-0.15, -0.1) is 0 Å². The first-order valence-corrected chi connectivity index (χ1v) is 15.0. The number of hydrogen-bond donors (Lipinski definition) is 0. The number of hydrogen-bond acceptors (Lipinski definition) is 2. The summed E-state index contributed by atoms with van der Waals surface area (Å²) < 4.78 is 25.2. The van der Waals surface area contributed by atoms with Crippen molar-refractivity contribution in [1.29, 1.82) is 0 Å². The molecule has 2 unspecified atom stereocenters. The predicted molar refractivity (Wildman–Crippen MR) is 170 cm³/mol. The van der Waals surface area contributed by atoms with Gasteiger partial charge in [-0.25, -0.2) is 9.37 Å². The Kier molecular flexibility index (Phi) is 5.30. The van der Waals surface area contributed by atoms with Gasteiger partial charge in [0.25, 0.3) is 0 Å². The molecule has 0 bridgehead atoms. The van der Waals surface area contributed by atoms with Crippen LogP contribution < -0.4 is 9.13 Å². The molecule has 1 aliphatic heterocycles. The second-order valence-electron chi connectivity index (χ2n) is 11.9. The van der Waals surface area contributed by atoms with Crippen LogP contribution in [0.2, 0.25) is 0 Å². The molecule has 0 fully saturated rings. The summed E-state index contributed by atoms with van der Waals surface area (Å²) in [6.45, 7) is 4.12. The van der Waals surface area contributed by atoms with Gasteiger partial charge >= 0.3 is 0 Å². The first kappa shape index (κ1) is 25.1. The topological polar surface area (TPSA) is 33.8 Å². The molecule has 210 valence electrons. The number of aromatic nitrogens is 3. The minimum absolute atomic E-state index is 0.186. The molecule has 4 nitrogen and oxygen atoms in total. The average molecular weight is 574 g/mol. The molecule has 0 amide bonds. The summed E-state index contributed by atoms with van der Waals surface area (Å²) in [5.74, 6) is -0.0592. The Morgan fingerprint density at radius 1 is 0.750 bits per heavy atom.